The standard InChI is InChI=1S/C20H21N3OS/c24-20(18-14-25-19-9-4-3-8-17(18)19)21-12-15-6-1-2-7-16(15)13-23-11-5-10-22-23/h1-2,5-7,10-11,14H,3-4,8-9,12-13H2,(H,21,24). The lowest BCUT2D eigenvalue weighted by atomic mass is 9.95. The van der Waals surface area contributed by atoms with Gasteiger partial charge in [0.2, 0.25) is 0 Å². The van der Waals surface area contributed by atoms with E-state index >= 15 is 0 Å². The molecule has 0 radical (unpaired) electrons. The fourth-order valence-corrected chi connectivity index (χ4v) is 4.53. The second-order valence-corrected chi connectivity index (χ2v) is 7.38. The van der Waals surface area contributed by atoms with E-state index < -0.39 is 0 Å². The Morgan fingerprint density at radius 1 is 1.16 bits per heavy atom. The molecule has 1 aromatic carbocycles. The fourth-order valence-electron chi connectivity index (χ4n) is 3.41. The minimum atomic E-state index is 0.0493. The summed E-state index contributed by atoms with van der Waals surface area (Å²) in [7, 11) is 0. The Labute approximate surface area is 151 Å². The molecule has 0 fully saturated rings. The van der Waals surface area contributed by atoms with Crippen LogP contribution in [0.3, 0.4) is 0 Å². The first-order chi connectivity index (χ1) is 12.3. The van der Waals surface area contributed by atoms with Gasteiger partial charge in [-0.1, -0.05) is 24.3 Å². The summed E-state index contributed by atoms with van der Waals surface area (Å²) in [6, 6.07) is 10.1. The van der Waals surface area contributed by atoms with Crippen LogP contribution in [0.25, 0.3) is 0 Å². The highest BCUT2D eigenvalue weighted by molar-refractivity contribution is 7.10. The van der Waals surface area contributed by atoms with Gasteiger partial charge in [0.15, 0.2) is 0 Å². The van der Waals surface area contributed by atoms with E-state index in [4.69, 9.17) is 0 Å². The SMILES string of the molecule is O=C(NCc1ccccc1Cn1cccn1)c1csc2c1CCCC2. The van der Waals surface area contributed by atoms with E-state index in [1.807, 2.05) is 34.5 Å². The molecule has 0 unspecified atom stereocenters. The molecular formula is C20H21N3OS. The Hall–Kier alpha value is -2.40. The van der Waals surface area contributed by atoms with E-state index in [1.165, 1.54) is 28.8 Å². The van der Waals surface area contributed by atoms with Crippen LogP contribution in [0, 0.1) is 0 Å². The summed E-state index contributed by atoms with van der Waals surface area (Å²) in [6.45, 7) is 1.26. The van der Waals surface area contributed by atoms with Crippen LogP contribution in [0.4, 0.5) is 0 Å². The molecule has 1 aliphatic rings. The zero-order valence-corrected chi connectivity index (χ0v) is 14.9. The van der Waals surface area contributed by atoms with Crippen LogP contribution < -0.4 is 5.32 Å². The number of aryl methyl sites for hydroxylation is 1. The molecule has 25 heavy (non-hydrogen) atoms. The number of fused-ring (bicyclic) bond motifs is 1. The topological polar surface area (TPSA) is 46.9 Å². The van der Waals surface area contributed by atoms with Crippen molar-refractivity contribution in [3.8, 4) is 0 Å². The first kappa shape index (κ1) is 16.1. The van der Waals surface area contributed by atoms with Gasteiger partial charge in [-0.2, -0.15) is 5.10 Å². The van der Waals surface area contributed by atoms with Gasteiger partial charge in [-0.05, 0) is 48.4 Å². The molecule has 128 valence electrons. The number of rotatable bonds is 5. The smallest absolute Gasteiger partial charge is 0.252 e. The van der Waals surface area contributed by atoms with Crippen LogP contribution >= 0.6 is 11.3 Å². The highest BCUT2D eigenvalue weighted by Gasteiger charge is 2.20. The number of thiophene rings is 1. The third-order valence-corrected chi connectivity index (χ3v) is 5.84. The molecule has 0 saturated carbocycles. The van der Waals surface area contributed by atoms with E-state index in [0.717, 1.165) is 24.0 Å². The summed E-state index contributed by atoms with van der Waals surface area (Å²) >= 11 is 1.74. The molecule has 1 aliphatic carbocycles. The van der Waals surface area contributed by atoms with Crippen LogP contribution in [0.5, 0.6) is 0 Å². The minimum Gasteiger partial charge on any atom is -0.348 e. The maximum absolute atomic E-state index is 12.7. The van der Waals surface area contributed by atoms with Gasteiger partial charge in [-0.3, -0.25) is 9.48 Å². The van der Waals surface area contributed by atoms with Crippen molar-refractivity contribution in [2.75, 3.05) is 0 Å². The van der Waals surface area contributed by atoms with Gasteiger partial charge in [-0.15, -0.1) is 11.3 Å². The van der Waals surface area contributed by atoms with Crippen molar-refractivity contribution in [1.82, 2.24) is 15.1 Å². The van der Waals surface area contributed by atoms with E-state index in [-0.39, 0.29) is 5.91 Å². The largest absolute Gasteiger partial charge is 0.348 e. The maximum Gasteiger partial charge on any atom is 0.252 e. The van der Waals surface area contributed by atoms with Crippen LogP contribution in [0.1, 0.15) is 44.8 Å². The average Bonchev–Trinajstić information content (AvgIpc) is 3.30. The Morgan fingerprint density at radius 2 is 2.00 bits per heavy atom. The molecule has 3 aromatic rings. The monoisotopic (exact) mass is 351 g/mol. The molecule has 0 atom stereocenters. The van der Waals surface area contributed by atoms with Gasteiger partial charge in [0.25, 0.3) is 5.91 Å². The molecule has 4 nitrogen and oxygen atoms in total. The van der Waals surface area contributed by atoms with Gasteiger partial charge in [0, 0.05) is 29.2 Å². The summed E-state index contributed by atoms with van der Waals surface area (Å²) in [4.78, 5) is 14.1. The number of nitrogens with zero attached hydrogens (tertiary/aromatic N) is 2. The third kappa shape index (κ3) is 3.51. The lowest BCUT2D eigenvalue weighted by Gasteiger charge is -2.14. The van der Waals surface area contributed by atoms with Crippen molar-refractivity contribution >= 4 is 17.2 Å². The number of carbonyl (C=O) groups is 1. The molecule has 0 aliphatic heterocycles. The number of hydrogen-bond donors (Lipinski definition) is 1. The Morgan fingerprint density at radius 3 is 2.84 bits per heavy atom. The van der Waals surface area contributed by atoms with Gasteiger partial charge >= 0.3 is 0 Å². The van der Waals surface area contributed by atoms with Gasteiger partial charge in [-0.25, -0.2) is 0 Å². The molecular weight excluding hydrogens is 330 g/mol. The summed E-state index contributed by atoms with van der Waals surface area (Å²) in [5.41, 5.74) is 4.47. The number of aromatic nitrogens is 2. The molecule has 2 aromatic heterocycles. The number of benzene rings is 1. The summed E-state index contributed by atoms with van der Waals surface area (Å²) in [6.07, 6.45) is 8.33. The van der Waals surface area contributed by atoms with Crippen molar-refractivity contribution < 1.29 is 4.79 Å². The highest BCUT2D eigenvalue weighted by atomic mass is 32.1. The quantitative estimate of drug-likeness (QED) is 0.760. The Balaban J connectivity index is 1.46. The number of hydrogen-bond acceptors (Lipinski definition) is 3. The second kappa shape index (κ2) is 7.23. The first-order valence-electron chi connectivity index (χ1n) is 8.73. The van der Waals surface area contributed by atoms with E-state index in [0.29, 0.717) is 13.1 Å². The van der Waals surface area contributed by atoms with Crippen LogP contribution in [0.2, 0.25) is 0 Å². The van der Waals surface area contributed by atoms with Crippen molar-refractivity contribution in [1.29, 1.82) is 0 Å². The Kier molecular flexibility index (Phi) is 4.65. The van der Waals surface area contributed by atoms with Gasteiger partial charge < -0.3 is 5.32 Å². The predicted molar refractivity (Wildman–Crippen MR) is 99.9 cm³/mol. The maximum atomic E-state index is 12.7. The van der Waals surface area contributed by atoms with Gasteiger partial charge in [0.1, 0.15) is 0 Å². The predicted octanol–water partition coefficient (Wildman–Crippen LogP) is 3.80. The molecule has 1 N–H and O–H groups in total. The summed E-state index contributed by atoms with van der Waals surface area (Å²) in [5.74, 6) is 0.0493. The molecule has 0 bridgehead atoms. The van der Waals surface area contributed by atoms with Crippen molar-refractivity contribution in [2.45, 2.75) is 38.8 Å². The molecule has 0 saturated heterocycles. The lowest BCUT2D eigenvalue weighted by Crippen LogP contribution is -2.24. The van der Waals surface area contributed by atoms with Crippen molar-refractivity contribution in [3.63, 3.8) is 0 Å². The average molecular weight is 351 g/mol. The lowest BCUT2D eigenvalue weighted by molar-refractivity contribution is 0.0950. The number of amides is 1. The molecule has 5 heteroatoms. The third-order valence-electron chi connectivity index (χ3n) is 4.76. The second-order valence-electron chi connectivity index (χ2n) is 6.41. The normalized spacial score (nSPS) is 13.4. The summed E-state index contributed by atoms with van der Waals surface area (Å²) in [5, 5.41) is 9.41. The van der Waals surface area contributed by atoms with Crippen LogP contribution in [-0.2, 0) is 25.9 Å². The molecule has 1 amide bonds. The minimum absolute atomic E-state index is 0.0493. The first-order valence-corrected chi connectivity index (χ1v) is 9.61. The van der Waals surface area contributed by atoms with Gasteiger partial charge in [0.05, 0.1) is 12.1 Å². The number of nitrogens with one attached hydrogen (secondary N) is 1. The highest BCUT2D eigenvalue weighted by Crippen LogP contribution is 2.30. The molecule has 2 heterocycles. The number of carbonyl (C=O) groups excluding carboxylic acids is 1. The van der Waals surface area contributed by atoms with Crippen molar-refractivity contribution in [2.24, 2.45) is 0 Å². The molecule has 0 spiro atoms. The zero-order chi connectivity index (χ0) is 17.1. The van der Waals surface area contributed by atoms with Crippen molar-refractivity contribution in [3.05, 3.63) is 75.2 Å². The fraction of sp³-hybridized carbons (Fsp3) is 0.300. The van der Waals surface area contributed by atoms with E-state index in [1.54, 1.807) is 17.5 Å². The molecule has 4 rings (SSSR count). The van der Waals surface area contributed by atoms with E-state index in [9.17, 15) is 4.79 Å². The van der Waals surface area contributed by atoms with Crippen LogP contribution in [0.15, 0.2) is 48.1 Å². The Bertz CT molecular complexity index is 867. The van der Waals surface area contributed by atoms with E-state index in [2.05, 4.69) is 22.5 Å². The van der Waals surface area contributed by atoms with Crippen LogP contribution in [-0.4, -0.2) is 15.7 Å². The summed E-state index contributed by atoms with van der Waals surface area (Å²) < 4.78 is 1.90. The zero-order valence-electron chi connectivity index (χ0n) is 14.1.